The number of aryl methyl sites for hydroxylation is 1. The Morgan fingerprint density at radius 3 is 2.30 bits per heavy atom. The highest BCUT2D eigenvalue weighted by molar-refractivity contribution is 7.89. The smallest absolute Gasteiger partial charge is 0.408 e. The zero-order valence-electron chi connectivity index (χ0n) is 14.6. The van der Waals surface area contributed by atoms with Gasteiger partial charge in [0.25, 0.3) is 0 Å². The topological polar surface area (TPSA) is 84.5 Å². The summed E-state index contributed by atoms with van der Waals surface area (Å²) in [5.41, 5.74) is -0.542. The van der Waals surface area contributed by atoms with Gasteiger partial charge in [-0.1, -0.05) is 12.1 Å². The van der Waals surface area contributed by atoms with Crippen molar-refractivity contribution in [3.05, 3.63) is 29.8 Å². The van der Waals surface area contributed by atoms with E-state index >= 15 is 0 Å². The van der Waals surface area contributed by atoms with Gasteiger partial charge in [0.1, 0.15) is 5.60 Å². The summed E-state index contributed by atoms with van der Waals surface area (Å²) < 4.78 is 32.3. The second-order valence-electron chi connectivity index (χ2n) is 7.15. The van der Waals surface area contributed by atoms with Crippen LogP contribution in [-0.2, 0) is 14.8 Å². The number of ether oxygens (including phenoxy) is 1. The fourth-order valence-corrected chi connectivity index (χ4v) is 3.08. The minimum absolute atomic E-state index is 0.0442. The van der Waals surface area contributed by atoms with Crippen LogP contribution in [0.1, 0.15) is 40.2 Å². The molecule has 6 nitrogen and oxygen atoms in total. The van der Waals surface area contributed by atoms with Gasteiger partial charge in [0, 0.05) is 6.54 Å². The molecule has 0 spiro atoms. The number of amides is 1. The van der Waals surface area contributed by atoms with Crippen molar-refractivity contribution in [3.8, 4) is 0 Å². The maximum Gasteiger partial charge on any atom is 0.408 e. The van der Waals surface area contributed by atoms with Gasteiger partial charge in [-0.2, -0.15) is 0 Å². The summed E-state index contributed by atoms with van der Waals surface area (Å²) in [6.07, 6.45) is -0.586. The van der Waals surface area contributed by atoms with Crippen molar-refractivity contribution in [2.45, 2.75) is 57.6 Å². The van der Waals surface area contributed by atoms with Crippen LogP contribution in [0, 0.1) is 6.92 Å². The molecule has 0 saturated carbocycles. The monoisotopic (exact) mass is 342 g/mol. The van der Waals surface area contributed by atoms with Crippen LogP contribution >= 0.6 is 0 Å². The molecule has 130 valence electrons. The van der Waals surface area contributed by atoms with Gasteiger partial charge in [-0.15, -0.1) is 0 Å². The Morgan fingerprint density at radius 1 is 1.17 bits per heavy atom. The normalized spacial score (nSPS) is 12.8. The Labute approximate surface area is 138 Å². The van der Waals surface area contributed by atoms with Crippen LogP contribution < -0.4 is 10.0 Å². The molecule has 0 atom stereocenters. The Kier molecular flexibility index (Phi) is 5.82. The highest BCUT2D eigenvalue weighted by atomic mass is 32.2. The van der Waals surface area contributed by atoms with Crippen LogP contribution in [0.5, 0.6) is 0 Å². The number of rotatable bonds is 5. The van der Waals surface area contributed by atoms with Crippen LogP contribution in [0.2, 0.25) is 0 Å². The van der Waals surface area contributed by atoms with E-state index in [0.29, 0.717) is 0 Å². The van der Waals surface area contributed by atoms with Crippen molar-refractivity contribution < 1.29 is 17.9 Å². The molecular formula is C16H26N2O4S. The average Bonchev–Trinajstić information content (AvgIpc) is 2.33. The molecule has 0 unspecified atom stereocenters. The number of sulfonamides is 1. The molecule has 2 N–H and O–H groups in total. The molecular weight excluding hydrogens is 316 g/mol. The first-order valence-electron chi connectivity index (χ1n) is 7.38. The second-order valence-corrected chi connectivity index (χ2v) is 8.92. The molecule has 0 heterocycles. The molecule has 7 heteroatoms. The molecule has 1 aromatic carbocycles. The summed E-state index contributed by atoms with van der Waals surface area (Å²) in [5.74, 6) is 0. The van der Waals surface area contributed by atoms with E-state index in [4.69, 9.17) is 4.74 Å². The van der Waals surface area contributed by atoms with Gasteiger partial charge < -0.3 is 10.1 Å². The lowest BCUT2D eigenvalue weighted by Gasteiger charge is -2.28. The minimum atomic E-state index is -3.63. The van der Waals surface area contributed by atoms with Gasteiger partial charge in [0.2, 0.25) is 10.0 Å². The molecule has 0 fully saturated rings. The quantitative estimate of drug-likeness (QED) is 0.861. The Morgan fingerprint density at radius 2 is 1.78 bits per heavy atom. The first kappa shape index (κ1) is 19.4. The molecule has 23 heavy (non-hydrogen) atoms. The van der Waals surface area contributed by atoms with Gasteiger partial charge >= 0.3 is 6.09 Å². The Balaban J connectivity index is 2.70. The average molecular weight is 342 g/mol. The summed E-state index contributed by atoms with van der Waals surface area (Å²) >= 11 is 0. The SMILES string of the molecule is Cc1cccc(S(=O)(=O)NCC(C)(C)NC(=O)OC(C)(C)C)c1. The summed E-state index contributed by atoms with van der Waals surface area (Å²) in [4.78, 5) is 12.0. The van der Waals surface area contributed by atoms with Crippen molar-refractivity contribution in [2.24, 2.45) is 0 Å². The maximum atomic E-state index is 12.3. The van der Waals surface area contributed by atoms with E-state index < -0.39 is 27.3 Å². The first-order chi connectivity index (χ1) is 10.3. The molecule has 0 aliphatic rings. The summed E-state index contributed by atoms with van der Waals surface area (Å²) in [6, 6.07) is 6.64. The largest absolute Gasteiger partial charge is 0.444 e. The fourth-order valence-electron chi connectivity index (χ4n) is 1.77. The van der Waals surface area contributed by atoms with E-state index in [1.54, 1.807) is 46.8 Å². The lowest BCUT2D eigenvalue weighted by molar-refractivity contribution is 0.0474. The molecule has 0 aromatic heterocycles. The highest BCUT2D eigenvalue weighted by Crippen LogP contribution is 2.13. The van der Waals surface area contributed by atoms with E-state index in [2.05, 4.69) is 10.0 Å². The van der Waals surface area contributed by atoms with Crippen LogP contribution in [-0.4, -0.2) is 32.2 Å². The molecule has 0 aliphatic carbocycles. The number of carbonyl (C=O) groups is 1. The van der Waals surface area contributed by atoms with Gasteiger partial charge in [-0.05, 0) is 59.2 Å². The molecule has 1 amide bonds. The van der Waals surface area contributed by atoms with Crippen molar-refractivity contribution in [2.75, 3.05) is 6.54 Å². The zero-order valence-corrected chi connectivity index (χ0v) is 15.4. The number of hydrogen-bond acceptors (Lipinski definition) is 4. The predicted molar refractivity (Wildman–Crippen MR) is 89.8 cm³/mol. The predicted octanol–water partition coefficient (Wildman–Crippen LogP) is 2.58. The fraction of sp³-hybridized carbons (Fsp3) is 0.562. The van der Waals surface area contributed by atoms with E-state index in [1.807, 2.05) is 13.0 Å². The summed E-state index contributed by atoms with van der Waals surface area (Å²) in [6.45, 7) is 10.6. The first-order valence-corrected chi connectivity index (χ1v) is 8.87. The van der Waals surface area contributed by atoms with Crippen LogP contribution in [0.15, 0.2) is 29.2 Å². The molecule has 1 aromatic rings. The van der Waals surface area contributed by atoms with Crippen LogP contribution in [0.4, 0.5) is 4.79 Å². The van der Waals surface area contributed by atoms with E-state index in [-0.39, 0.29) is 11.4 Å². The van der Waals surface area contributed by atoms with Crippen molar-refractivity contribution in [1.82, 2.24) is 10.0 Å². The lowest BCUT2D eigenvalue weighted by atomic mass is 10.1. The van der Waals surface area contributed by atoms with E-state index in [9.17, 15) is 13.2 Å². The van der Waals surface area contributed by atoms with Gasteiger partial charge in [-0.3, -0.25) is 0 Å². The molecule has 0 saturated heterocycles. The third-order valence-corrected chi connectivity index (χ3v) is 4.24. The molecule has 1 rings (SSSR count). The third-order valence-electron chi connectivity index (χ3n) is 2.84. The third kappa shape index (κ3) is 7.00. The molecule has 0 aliphatic heterocycles. The number of benzene rings is 1. The molecule has 0 radical (unpaired) electrons. The highest BCUT2D eigenvalue weighted by Gasteiger charge is 2.26. The summed E-state index contributed by atoms with van der Waals surface area (Å²) in [7, 11) is -3.63. The lowest BCUT2D eigenvalue weighted by Crippen LogP contribution is -2.52. The van der Waals surface area contributed by atoms with Gasteiger partial charge in [0.05, 0.1) is 10.4 Å². The Bertz CT molecular complexity index is 661. The van der Waals surface area contributed by atoms with E-state index in [1.165, 1.54) is 6.07 Å². The minimum Gasteiger partial charge on any atom is -0.444 e. The van der Waals surface area contributed by atoms with Crippen molar-refractivity contribution in [3.63, 3.8) is 0 Å². The van der Waals surface area contributed by atoms with Crippen molar-refractivity contribution in [1.29, 1.82) is 0 Å². The zero-order chi connectivity index (χ0) is 17.9. The van der Waals surface area contributed by atoms with Crippen molar-refractivity contribution >= 4 is 16.1 Å². The summed E-state index contributed by atoms with van der Waals surface area (Å²) in [5, 5.41) is 2.66. The van der Waals surface area contributed by atoms with Crippen LogP contribution in [0.3, 0.4) is 0 Å². The number of alkyl carbamates (subject to hydrolysis) is 1. The number of nitrogens with one attached hydrogen (secondary N) is 2. The number of hydrogen-bond donors (Lipinski definition) is 2. The Hall–Kier alpha value is -1.60. The second kappa shape index (κ2) is 6.88. The van der Waals surface area contributed by atoms with Gasteiger partial charge in [-0.25, -0.2) is 17.9 Å². The van der Waals surface area contributed by atoms with Gasteiger partial charge in [0.15, 0.2) is 0 Å². The maximum absolute atomic E-state index is 12.3. The van der Waals surface area contributed by atoms with E-state index in [0.717, 1.165) is 5.56 Å². The molecule has 0 bridgehead atoms. The van der Waals surface area contributed by atoms with Crippen LogP contribution in [0.25, 0.3) is 0 Å². The number of carbonyl (C=O) groups excluding carboxylic acids is 1. The standard InChI is InChI=1S/C16H26N2O4S/c1-12-8-7-9-13(10-12)23(20,21)17-11-16(5,6)18-14(19)22-15(2,3)4/h7-10,17H,11H2,1-6H3,(H,18,19).